The van der Waals surface area contributed by atoms with Crippen molar-refractivity contribution in [3.63, 3.8) is 0 Å². The Morgan fingerprint density at radius 1 is 1.09 bits per heavy atom. The van der Waals surface area contributed by atoms with Crippen LogP contribution in [0.15, 0.2) is 36.4 Å². The lowest BCUT2D eigenvalue weighted by atomic mass is 10.1. The molecule has 0 aliphatic carbocycles. The Hall–Kier alpha value is -3.13. The fraction of sp³-hybridized carbons (Fsp3) is 0.417. The van der Waals surface area contributed by atoms with Crippen LogP contribution >= 0.6 is 11.6 Å². The van der Waals surface area contributed by atoms with Crippen molar-refractivity contribution in [3.8, 4) is 17.2 Å². The average molecular weight is 474 g/mol. The van der Waals surface area contributed by atoms with Crippen LogP contribution < -0.4 is 24.4 Å². The smallest absolute Gasteiger partial charge is 0.265 e. The number of carbonyl (C=O) groups excluding carboxylic acids is 2. The Labute approximate surface area is 198 Å². The minimum atomic E-state index is -0.657. The third-order valence-corrected chi connectivity index (χ3v) is 6.18. The van der Waals surface area contributed by atoms with Gasteiger partial charge in [-0.15, -0.1) is 0 Å². The normalized spacial score (nSPS) is 17.6. The number of rotatable bonds is 6. The minimum absolute atomic E-state index is 0.0290. The van der Waals surface area contributed by atoms with Gasteiger partial charge in [0.15, 0.2) is 6.10 Å². The number of methoxy groups -OCH3 is 2. The molecule has 1 atom stereocenters. The molecule has 8 nitrogen and oxygen atoms in total. The van der Waals surface area contributed by atoms with Crippen molar-refractivity contribution in [1.29, 1.82) is 0 Å². The number of fused-ring (bicyclic) bond motifs is 1. The first-order chi connectivity index (χ1) is 16.0. The molecular formula is C24H28ClN3O5. The van der Waals surface area contributed by atoms with Crippen LogP contribution in [0.3, 0.4) is 0 Å². The molecule has 2 aromatic carbocycles. The third-order valence-electron chi connectivity index (χ3n) is 5.89. The number of hydrogen-bond donors (Lipinski definition) is 1. The molecule has 1 N–H and O–H groups in total. The predicted molar refractivity (Wildman–Crippen MR) is 127 cm³/mol. The minimum Gasteiger partial charge on any atom is -0.495 e. The number of likely N-dealkylation sites (tertiary alicyclic amines) is 1. The largest absolute Gasteiger partial charge is 0.495 e. The number of hydrogen-bond acceptors (Lipinski definition) is 6. The van der Waals surface area contributed by atoms with Crippen molar-refractivity contribution in [2.75, 3.05) is 50.6 Å². The second-order valence-corrected chi connectivity index (χ2v) is 8.48. The molecule has 2 heterocycles. The highest BCUT2D eigenvalue weighted by Gasteiger charge is 2.34. The monoisotopic (exact) mass is 473 g/mol. The summed E-state index contributed by atoms with van der Waals surface area (Å²) in [7, 11) is 3.01. The van der Waals surface area contributed by atoms with Crippen molar-refractivity contribution >= 4 is 34.8 Å². The van der Waals surface area contributed by atoms with Crippen LogP contribution in [0, 0.1) is 0 Å². The summed E-state index contributed by atoms with van der Waals surface area (Å²) in [6.07, 6.45) is 2.50. The van der Waals surface area contributed by atoms with Crippen molar-refractivity contribution in [2.24, 2.45) is 0 Å². The topological polar surface area (TPSA) is 80.3 Å². The highest BCUT2D eigenvalue weighted by Crippen LogP contribution is 2.37. The molecule has 2 aliphatic heterocycles. The number of ether oxygens (including phenoxy) is 3. The van der Waals surface area contributed by atoms with Gasteiger partial charge < -0.3 is 29.3 Å². The fourth-order valence-corrected chi connectivity index (χ4v) is 4.46. The number of benzene rings is 2. The van der Waals surface area contributed by atoms with Crippen LogP contribution in [0.1, 0.15) is 19.3 Å². The molecule has 1 fully saturated rings. The molecule has 176 valence electrons. The molecule has 4 rings (SSSR count). The lowest BCUT2D eigenvalue weighted by molar-refractivity contribution is -0.139. The molecule has 9 heteroatoms. The van der Waals surface area contributed by atoms with Gasteiger partial charge in [-0.25, -0.2) is 0 Å². The van der Waals surface area contributed by atoms with E-state index in [0.717, 1.165) is 38.0 Å². The average Bonchev–Trinajstić information content (AvgIpc) is 2.84. The Balaban J connectivity index is 1.51. The zero-order valence-electron chi connectivity index (χ0n) is 18.8. The number of amides is 2. The van der Waals surface area contributed by atoms with Gasteiger partial charge in [-0.3, -0.25) is 9.59 Å². The number of anilines is 2. The molecule has 0 radical (unpaired) electrons. The molecule has 0 spiro atoms. The summed E-state index contributed by atoms with van der Waals surface area (Å²) in [4.78, 5) is 29.8. The van der Waals surface area contributed by atoms with E-state index in [1.807, 2.05) is 34.1 Å². The van der Waals surface area contributed by atoms with E-state index in [4.69, 9.17) is 25.8 Å². The number of para-hydroxylation sites is 2. The zero-order chi connectivity index (χ0) is 23.4. The van der Waals surface area contributed by atoms with Gasteiger partial charge in [-0.2, -0.15) is 0 Å². The second kappa shape index (κ2) is 10.2. The highest BCUT2D eigenvalue weighted by molar-refractivity contribution is 6.32. The van der Waals surface area contributed by atoms with Gasteiger partial charge >= 0.3 is 0 Å². The Morgan fingerprint density at radius 3 is 2.55 bits per heavy atom. The molecule has 2 aliphatic rings. The Kier molecular flexibility index (Phi) is 7.13. The van der Waals surface area contributed by atoms with Crippen LogP contribution in [-0.2, 0) is 9.59 Å². The fourth-order valence-electron chi connectivity index (χ4n) is 4.22. The van der Waals surface area contributed by atoms with E-state index < -0.39 is 6.10 Å². The van der Waals surface area contributed by atoms with Gasteiger partial charge in [0.1, 0.15) is 17.2 Å². The van der Waals surface area contributed by atoms with Crippen LogP contribution in [0.2, 0.25) is 5.02 Å². The van der Waals surface area contributed by atoms with E-state index in [1.54, 1.807) is 12.1 Å². The van der Waals surface area contributed by atoms with Crippen LogP contribution in [0.4, 0.5) is 11.4 Å². The molecule has 0 aromatic heterocycles. The maximum absolute atomic E-state index is 13.1. The maximum atomic E-state index is 13.1. The molecule has 0 bridgehead atoms. The van der Waals surface area contributed by atoms with Gasteiger partial charge in [0, 0.05) is 25.2 Å². The van der Waals surface area contributed by atoms with E-state index in [0.29, 0.717) is 34.5 Å². The summed E-state index contributed by atoms with van der Waals surface area (Å²) < 4.78 is 16.6. The van der Waals surface area contributed by atoms with Gasteiger partial charge in [0.2, 0.25) is 5.91 Å². The zero-order valence-corrected chi connectivity index (χ0v) is 19.6. The lowest BCUT2D eigenvalue weighted by Crippen LogP contribution is -2.52. The first-order valence-corrected chi connectivity index (χ1v) is 11.4. The number of carbonyl (C=O) groups is 2. The SMILES string of the molecule is COc1cc(NC(=O)CN2C[C@@H](C(=O)N3CCCCC3)Oc3ccccc32)c(OC)cc1Cl. The molecule has 0 unspecified atom stereocenters. The Bertz CT molecular complexity index is 1030. The number of nitrogens with one attached hydrogen (secondary N) is 1. The van der Waals surface area contributed by atoms with Gasteiger partial charge in [0.25, 0.3) is 5.91 Å². The summed E-state index contributed by atoms with van der Waals surface area (Å²) >= 11 is 6.16. The van der Waals surface area contributed by atoms with Crippen molar-refractivity contribution in [2.45, 2.75) is 25.4 Å². The molecule has 2 aromatic rings. The van der Waals surface area contributed by atoms with E-state index in [9.17, 15) is 9.59 Å². The van der Waals surface area contributed by atoms with Gasteiger partial charge in [-0.05, 0) is 31.4 Å². The van der Waals surface area contributed by atoms with Gasteiger partial charge in [-0.1, -0.05) is 23.7 Å². The second-order valence-electron chi connectivity index (χ2n) is 8.08. The predicted octanol–water partition coefficient (Wildman–Crippen LogP) is 3.58. The highest BCUT2D eigenvalue weighted by atomic mass is 35.5. The van der Waals surface area contributed by atoms with E-state index in [1.165, 1.54) is 14.2 Å². The first kappa shape index (κ1) is 23.0. The summed E-state index contributed by atoms with van der Waals surface area (Å²) in [5.74, 6) is 1.15. The first-order valence-electron chi connectivity index (χ1n) is 11.0. The summed E-state index contributed by atoms with van der Waals surface area (Å²) in [6, 6.07) is 10.7. The standard InChI is InChI=1S/C24H28ClN3O5/c1-31-20-13-17(21(32-2)12-16(20)25)26-23(29)15-28-14-22(24(30)27-10-6-3-7-11-27)33-19-9-5-4-8-18(19)28/h4-5,8-9,12-13,22H,3,6-7,10-11,14-15H2,1-2H3,(H,26,29)/t22-/m0/s1. The van der Waals surface area contributed by atoms with E-state index in [2.05, 4.69) is 5.32 Å². The summed E-state index contributed by atoms with van der Waals surface area (Å²) in [5, 5.41) is 3.25. The Morgan fingerprint density at radius 2 is 1.82 bits per heavy atom. The van der Waals surface area contributed by atoms with Crippen LogP contribution in [-0.4, -0.2) is 63.2 Å². The van der Waals surface area contributed by atoms with E-state index >= 15 is 0 Å². The third kappa shape index (κ3) is 5.11. The number of piperidine rings is 1. The molecular weight excluding hydrogens is 446 g/mol. The quantitative estimate of drug-likeness (QED) is 0.690. The lowest BCUT2D eigenvalue weighted by Gasteiger charge is -2.38. The van der Waals surface area contributed by atoms with Crippen LogP contribution in [0.25, 0.3) is 0 Å². The molecule has 0 saturated carbocycles. The molecule has 1 saturated heterocycles. The van der Waals surface area contributed by atoms with Crippen molar-refractivity contribution < 1.29 is 23.8 Å². The van der Waals surface area contributed by atoms with Crippen molar-refractivity contribution in [1.82, 2.24) is 4.90 Å². The van der Waals surface area contributed by atoms with E-state index in [-0.39, 0.29) is 18.4 Å². The summed E-state index contributed by atoms with van der Waals surface area (Å²) in [5.41, 5.74) is 1.22. The maximum Gasteiger partial charge on any atom is 0.265 e. The molecule has 2 amide bonds. The number of halogens is 1. The van der Waals surface area contributed by atoms with Gasteiger partial charge in [0.05, 0.1) is 43.7 Å². The van der Waals surface area contributed by atoms with Crippen molar-refractivity contribution in [3.05, 3.63) is 41.4 Å². The molecule has 33 heavy (non-hydrogen) atoms. The van der Waals surface area contributed by atoms with Crippen LogP contribution in [0.5, 0.6) is 17.2 Å². The number of nitrogens with zero attached hydrogens (tertiary/aromatic N) is 2. The summed E-state index contributed by atoms with van der Waals surface area (Å²) in [6.45, 7) is 1.83.